The van der Waals surface area contributed by atoms with E-state index in [2.05, 4.69) is 24.5 Å². The van der Waals surface area contributed by atoms with Crippen molar-refractivity contribution >= 4 is 0 Å². The normalized spacial score (nSPS) is 36.3. The lowest BCUT2D eigenvalue weighted by molar-refractivity contribution is 0.296. The molecule has 0 amide bonds. The highest BCUT2D eigenvalue weighted by Gasteiger charge is 2.18. The lowest BCUT2D eigenvalue weighted by atomic mass is 9.87. The Morgan fingerprint density at radius 1 is 0.632 bits per heavy atom. The van der Waals surface area contributed by atoms with Crippen molar-refractivity contribution in [3.8, 4) is 0 Å². The Labute approximate surface area is 120 Å². The standard InChI is InChI=1S/C17H34N2/c1-14-4-8-16(9-5-14)18-12-3-13-19-17-10-6-15(2)7-11-17/h14-19H,3-13H2,1-2H3. The molecule has 0 aromatic rings. The van der Waals surface area contributed by atoms with Crippen LogP contribution in [0.1, 0.15) is 71.6 Å². The Bertz CT molecular complexity index is 201. The summed E-state index contributed by atoms with van der Waals surface area (Å²) in [7, 11) is 0. The van der Waals surface area contributed by atoms with Crippen molar-refractivity contribution in [3.63, 3.8) is 0 Å². The van der Waals surface area contributed by atoms with E-state index in [9.17, 15) is 0 Å². The Balaban J connectivity index is 1.44. The van der Waals surface area contributed by atoms with Crippen molar-refractivity contribution in [3.05, 3.63) is 0 Å². The predicted molar refractivity (Wildman–Crippen MR) is 83.5 cm³/mol. The second kappa shape index (κ2) is 8.26. The summed E-state index contributed by atoms with van der Waals surface area (Å²) in [4.78, 5) is 0. The van der Waals surface area contributed by atoms with Gasteiger partial charge in [0.05, 0.1) is 0 Å². The Morgan fingerprint density at radius 3 is 1.37 bits per heavy atom. The smallest absolute Gasteiger partial charge is 0.00672 e. The van der Waals surface area contributed by atoms with Crippen molar-refractivity contribution in [1.82, 2.24) is 10.6 Å². The van der Waals surface area contributed by atoms with Crippen LogP contribution in [0.3, 0.4) is 0 Å². The van der Waals surface area contributed by atoms with Gasteiger partial charge in [0.1, 0.15) is 0 Å². The van der Waals surface area contributed by atoms with Crippen LogP contribution in [0.4, 0.5) is 0 Å². The van der Waals surface area contributed by atoms with Gasteiger partial charge in [-0.3, -0.25) is 0 Å². The largest absolute Gasteiger partial charge is 0.314 e. The average molecular weight is 266 g/mol. The molecular weight excluding hydrogens is 232 g/mol. The van der Waals surface area contributed by atoms with Crippen molar-refractivity contribution in [2.24, 2.45) is 11.8 Å². The zero-order chi connectivity index (χ0) is 13.5. The third-order valence-corrected chi connectivity index (χ3v) is 5.25. The van der Waals surface area contributed by atoms with Crippen molar-refractivity contribution in [2.75, 3.05) is 13.1 Å². The highest BCUT2D eigenvalue weighted by Crippen LogP contribution is 2.24. The maximum absolute atomic E-state index is 3.75. The monoisotopic (exact) mass is 266 g/mol. The minimum absolute atomic E-state index is 0.812. The summed E-state index contributed by atoms with van der Waals surface area (Å²) >= 11 is 0. The van der Waals surface area contributed by atoms with Crippen molar-refractivity contribution in [1.29, 1.82) is 0 Å². The molecule has 0 unspecified atom stereocenters. The molecule has 0 heterocycles. The number of nitrogens with one attached hydrogen (secondary N) is 2. The molecule has 112 valence electrons. The van der Waals surface area contributed by atoms with Gasteiger partial charge in [0, 0.05) is 12.1 Å². The molecule has 2 rings (SSSR count). The van der Waals surface area contributed by atoms with Crippen LogP contribution in [-0.2, 0) is 0 Å². The summed E-state index contributed by atoms with van der Waals surface area (Å²) in [5.74, 6) is 1.93. The molecule has 2 aliphatic carbocycles. The van der Waals surface area contributed by atoms with Gasteiger partial charge in [0.15, 0.2) is 0 Å². The molecule has 2 nitrogen and oxygen atoms in total. The van der Waals surface area contributed by atoms with Gasteiger partial charge in [-0.1, -0.05) is 13.8 Å². The van der Waals surface area contributed by atoms with Gasteiger partial charge in [-0.05, 0) is 82.7 Å². The van der Waals surface area contributed by atoms with E-state index in [0.717, 1.165) is 23.9 Å². The van der Waals surface area contributed by atoms with E-state index in [4.69, 9.17) is 0 Å². The molecular formula is C17H34N2. The Kier molecular flexibility index (Phi) is 6.66. The summed E-state index contributed by atoms with van der Waals surface area (Å²) in [6, 6.07) is 1.62. The first-order valence-electron chi connectivity index (χ1n) is 8.71. The molecule has 0 bridgehead atoms. The fourth-order valence-electron chi connectivity index (χ4n) is 3.63. The topological polar surface area (TPSA) is 24.1 Å². The van der Waals surface area contributed by atoms with Gasteiger partial charge in [-0.25, -0.2) is 0 Å². The Hall–Kier alpha value is -0.0800. The van der Waals surface area contributed by atoms with Crippen LogP contribution >= 0.6 is 0 Å². The number of rotatable bonds is 6. The maximum atomic E-state index is 3.75. The minimum Gasteiger partial charge on any atom is -0.314 e. The first-order valence-corrected chi connectivity index (χ1v) is 8.71. The van der Waals surface area contributed by atoms with E-state index in [0.29, 0.717) is 0 Å². The SMILES string of the molecule is CC1CCC(NCCCNC2CCC(C)CC2)CC1. The van der Waals surface area contributed by atoms with E-state index in [-0.39, 0.29) is 0 Å². The first-order chi connectivity index (χ1) is 9.24. The molecule has 0 saturated heterocycles. The highest BCUT2D eigenvalue weighted by molar-refractivity contribution is 4.77. The van der Waals surface area contributed by atoms with Crippen LogP contribution in [0.2, 0.25) is 0 Å². The Morgan fingerprint density at radius 2 is 1.00 bits per heavy atom. The summed E-state index contributed by atoms with van der Waals surface area (Å²) < 4.78 is 0. The summed E-state index contributed by atoms with van der Waals surface area (Å²) in [5.41, 5.74) is 0. The van der Waals surface area contributed by atoms with Crippen molar-refractivity contribution in [2.45, 2.75) is 83.7 Å². The molecule has 2 fully saturated rings. The zero-order valence-electron chi connectivity index (χ0n) is 13.1. The fourth-order valence-corrected chi connectivity index (χ4v) is 3.63. The molecule has 19 heavy (non-hydrogen) atoms. The highest BCUT2D eigenvalue weighted by atomic mass is 14.9. The van der Waals surface area contributed by atoms with E-state index >= 15 is 0 Å². The summed E-state index contributed by atoms with van der Waals surface area (Å²) in [6.45, 7) is 7.20. The molecule has 0 spiro atoms. The molecule has 0 aromatic carbocycles. The molecule has 2 aliphatic rings. The zero-order valence-corrected chi connectivity index (χ0v) is 13.1. The fraction of sp³-hybridized carbons (Fsp3) is 1.00. The van der Waals surface area contributed by atoms with Gasteiger partial charge in [0.25, 0.3) is 0 Å². The quantitative estimate of drug-likeness (QED) is 0.716. The first kappa shape index (κ1) is 15.3. The van der Waals surface area contributed by atoms with E-state index in [1.807, 2.05) is 0 Å². The van der Waals surface area contributed by atoms with Gasteiger partial charge >= 0.3 is 0 Å². The lowest BCUT2D eigenvalue weighted by Gasteiger charge is -2.28. The van der Waals surface area contributed by atoms with Crippen LogP contribution in [0.5, 0.6) is 0 Å². The molecule has 2 N–H and O–H groups in total. The lowest BCUT2D eigenvalue weighted by Crippen LogP contribution is -2.37. The van der Waals surface area contributed by atoms with Gasteiger partial charge in [-0.15, -0.1) is 0 Å². The molecule has 0 radical (unpaired) electrons. The minimum atomic E-state index is 0.812. The van der Waals surface area contributed by atoms with Crippen LogP contribution in [0.15, 0.2) is 0 Å². The van der Waals surface area contributed by atoms with Crippen LogP contribution in [-0.4, -0.2) is 25.2 Å². The predicted octanol–water partition coefficient (Wildman–Crippen LogP) is 3.71. The molecule has 2 heteroatoms. The summed E-state index contributed by atoms with van der Waals surface area (Å²) in [5, 5.41) is 7.49. The van der Waals surface area contributed by atoms with E-state index in [1.165, 1.54) is 70.9 Å². The second-order valence-corrected chi connectivity index (χ2v) is 7.18. The van der Waals surface area contributed by atoms with Crippen LogP contribution in [0.25, 0.3) is 0 Å². The molecule has 0 aliphatic heterocycles. The average Bonchev–Trinajstić information content (AvgIpc) is 2.43. The third-order valence-electron chi connectivity index (χ3n) is 5.25. The maximum Gasteiger partial charge on any atom is 0.00672 e. The van der Waals surface area contributed by atoms with Gasteiger partial charge in [0.2, 0.25) is 0 Å². The van der Waals surface area contributed by atoms with Crippen LogP contribution < -0.4 is 10.6 Å². The summed E-state index contributed by atoms with van der Waals surface area (Å²) in [6.07, 6.45) is 12.6. The van der Waals surface area contributed by atoms with E-state index in [1.54, 1.807) is 0 Å². The van der Waals surface area contributed by atoms with E-state index < -0.39 is 0 Å². The second-order valence-electron chi connectivity index (χ2n) is 7.18. The van der Waals surface area contributed by atoms with Gasteiger partial charge < -0.3 is 10.6 Å². The molecule has 2 saturated carbocycles. The number of hydrogen-bond donors (Lipinski definition) is 2. The number of hydrogen-bond acceptors (Lipinski definition) is 2. The molecule has 0 aromatic heterocycles. The van der Waals surface area contributed by atoms with Gasteiger partial charge in [-0.2, -0.15) is 0 Å². The van der Waals surface area contributed by atoms with Crippen LogP contribution in [0, 0.1) is 11.8 Å². The third kappa shape index (κ3) is 5.83. The molecule has 0 atom stereocenters. The van der Waals surface area contributed by atoms with Crippen molar-refractivity contribution < 1.29 is 0 Å².